The van der Waals surface area contributed by atoms with E-state index in [1.54, 1.807) is 13.8 Å². The van der Waals surface area contributed by atoms with Gasteiger partial charge in [-0.3, -0.25) is 0 Å². The SMILES string of the molecule is CC(C)(CCN=O)N=O. The molecule has 52 valence electrons. The van der Waals surface area contributed by atoms with E-state index in [4.69, 9.17) is 0 Å². The van der Waals surface area contributed by atoms with Gasteiger partial charge in [0.2, 0.25) is 0 Å². The van der Waals surface area contributed by atoms with Crippen molar-refractivity contribution < 1.29 is 0 Å². The van der Waals surface area contributed by atoms with Crippen molar-refractivity contribution in [2.24, 2.45) is 10.4 Å². The molecule has 0 aliphatic rings. The van der Waals surface area contributed by atoms with Crippen LogP contribution in [0.4, 0.5) is 0 Å². The fourth-order valence-corrected chi connectivity index (χ4v) is 0.365. The van der Waals surface area contributed by atoms with Crippen LogP contribution in [0.15, 0.2) is 10.4 Å². The minimum Gasteiger partial charge on any atom is -0.151 e. The summed E-state index contributed by atoms with van der Waals surface area (Å²) in [5, 5.41) is 5.43. The van der Waals surface area contributed by atoms with Crippen molar-refractivity contribution in [3.8, 4) is 0 Å². The van der Waals surface area contributed by atoms with E-state index >= 15 is 0 Å². The summed E-state index contributed by atoms with van der Waals surface area (Å²) in [5.74, 6) is 0. The zero-order valence-corrected chi connectivity index (χ0v) is 5.63. The lowest BCUT2D eigenvalue weighted by molar-refractivity contribution is 0.483. The Bertz CT molecular complexity index is 112. The number of nitrogens with zero attached hydrogens (tertiary/aromatic N) is 2. The minimum atomic E-state index is -0.631. The van der Waals surface area contributed by atoms with Gasteiger partial charge in [0, 0.05) is 0 Å². The molecule has 0 aliphatic carbocycles. The summed E-state index contributed by atoms with van der Waals surface area (Å²) in [5.41, 5.74) is -0.631. The number of nitroso groups, excluding NO2 is 2. The first-order valence-corrected chi connectivity index (χ1v) is 2.76. The van der Waals surface area contributed by atoms with Crippen LogP contribution in [0.5, 0.6) is 0 Å². The summed E-state index contributed by atoms with van der Waals surface area (Å²) in [6.45, 7) is 3.51. The van der Waals surface area contributed by atoms with Gasteiger partial charge in [0.25, 0.3) is 0 Å². The molecular weight excluding hydrogens is 120 g/mol. The summed E-state index contributed by atoms with van der Waals surface area (Å²) in [6.07, 6.45) is 0.431. The van der Waals surface area contributed by atoms with Crippen LogP contribution in [0, 0.1) is 9.81 Å². The molecule has 0 saturated heterocycles. The topological polar surface area (TPSA) is 58.9 Å². The Kier molecular flexibility index (Phi) is 2.98. The van der Waals surface area contributed by atoms with E-state index in [0.717, 1.165) is 0 Å². The van der Waals surface area contributed by atoms with E-state index in [-0.39, 0.29) is 6.54 Å². The highest BCUT2D eigenvalue weighted by molar-refractivity contribution is 4.76. The average molecular weight is 130 g/mol. The molecule has 0 radical (unpaired) electrons. The van der Waals surface area contributed by atoms with Gasteiger partial charge in [-0.05, 0) is 20.3 Å². The van der Waals surface area contributed by atoms with Gasteiger partial charge in [-0.2, -0.15) is 9.81 Å². The largest absolute Gasteiger partial charge is 0.151 e. The minimum absolute atomic E-state index is 0.165. The van der Waals surface area contributed by atoms with Gasteiger partial charge in [-0.1, -0.05) is 10.4 Å². The fraction of sp³-hybridized carbons (Fsp3) is 1.00. The van der Waals surface area contributed by atoms with Crippen molar-refractivity contribution in [2.75, 3.05) is 6.54 Å². The van der Waals surface area contributed by atoms with E-state index in [0.29, 0.717) is 6.42 Å². The van der Waals surface area contributed by atoms with Crippen molar-refractivity contribution in [3.05, 3.63) is 9.81 Å². The molecule has 0 atom stereocenters. The van der Waals surface area contributed by atoms with E-state index in [2.05, 4.69) is 10.4 Å². The molecule has 0 heterocycles. The van der Waals surface area contributed by atoms with Crippen LogP contribution in [0.2, 0.25) is 0 Å². The van der Waals surface area contributed by atoms with Crippen molar-refractivity contribution in [2.45, 2.75) is 25.8 Å². The van der Waals surface area contributed by atoms with Crippen molar-refractivity contribution in [3.63, 3.8) is 0 Å². The molecule has 0 N–H and O–H groups in total. The Morgan fingerprint density at radius 1 is 1.33 bits per heavy atom. The summed E-state index contributed by atoms with van der Waals surface area (Å²) in [7, 11) is 0. The van der Waals surface area contributed by atoms with Crippen LogP contribution < -0.4 is 0 Å². The lowest BCUT2D eigenvalue weighted by Crippen LogP contribution is -2.16. The smallest absolute Gasteiger partial charge is 0.0989 e. The molecule has 0 unspecified atom stereocenters. The Balaban J connectivity index is 3.57. The third-order valence-corrected chi connectivity index (χ3v) is 1.06. The first-order chi connectivity index (χ1) is 4.12. The van der Waals surface area contributed by atoms with Crippen molar-refractivity contribution >= 4 is 0 Å². The van der Waals surface area contributed by atoms with Crippen LogP contribution in [-0.4, -0.2) is 12.1 Å². The first kappa shape index (κ1) is 8.20. The molecule has 0 rings (SSSR count). The van der Waals surface area contributed by atoms with Gasteiger partial charge < -0.3 is 0 Å². The lowest BCUT2D eigenvalue weighted by atomic mass is 10.0. The Morgan fingerprint density at radius 3 is 2.22 bits per heavy atom. The number of hydrogen-bond acceptors (Lipinski definition) is 4. The zero-order chi connectivity index (χ0) is 7.33. The molecule has 0 aromatic carbocycles. The molecule has 4 nitrogen and oxygen atoms in total. The highest BCUT2D eigenvalue weighted by Crippen LogP contribution is 2.12. The molecule has 0 aliphatic heterocycles. The molecule has 0 bridgehead atoms. The third kappa shape index (κ3) is 3.76. The first-order valence-electron chi connectivity index (χ1n) is 2.76. The van der Waals surface area contributed by atoms with Crippen LogP contribution >= 0.6 is 0 Å². The average Bonchev–Trinajstić information content (AvgIpc) is 1.84. The Hall–Kier alpha value is -0.800. The van der Waals surface area contributed by atoms with Crippen molar-refractivity contribution in [1.82, 2.24) is 0 Å². The maximum atomic E-state index is 9.94. The van der Waals surface area contributed by atoms with Crippen molar-refractivity contribution in [1.29, 1.82) is 0 Å². The Morgan fingerprint density at radius 2 is 1.89 bits per heavy atom. The monoisotopic (exact) mass is 130 g/mol. The number of rotatable bonds is 4. The summed E-state index contributed by atoms with van der Waals surface area (Å²) in [6, 6.07) is 0. The number of hydrogen-bond donors (Lipinski definition) is 0. The van der Waals surface area contributed by atoms with E-state index < -0.39 is 5.54 Å². The molecule has 0 spiro atoms. The second-order valence-corrected chi connectivity index (χ2v) is 2.51. The van der Waals surface area contributed by atoms with Gasteiger partial charge in [-0.25, -0.2) is 0 Å². The van der Waals surface area contributed by atoms with Crippen LogP contribution in [0.3, 0.4) is 0 Å². The molecule has 4 heteroatoms. The molecule has 0 aromatic heterocycles. The van der Waals surface area contributed by atoms with Gasteiger partial charge in [0.15, 0.2) is 0 Å². The maximum Gasteiger partial charge on any atom is 0.0989 e. The molecule has 0 aromatic rings. The van der Waals surface area contributed by atoms with Crippen LogP contribution in [0.25, 0.3) is 0 Å². The van der Waals surface area contributed by atoms with Gasteiger partial charge in [0.1, 0.15) is 0 Å². The highest BCUT2D eigenvalue weighted by atomic mass is 16.3. The second-order valence-electron chi connectivity index (χ2n) is 2.51. The summed E-state index contributed by atoms with van der Waals surface area (Å²) >= 11 is 0. The predicted octanol–water partition coefficient (Wildman–Crippen LogP) is 1.69. The second kappa shape index (κ2) is 3.27. The summed E-state index contributed by atoms with van der Waals surface area (Å²) in [4.78, 5) is 19.5. The molecule has 9 heavy (non-hydrogen) atoms. The van der Waals surface area contributed by atoms with E-state index in [9.17, 15) is 9.81 Å². The predicted molar refractivity (Wildman–Crippen MR) is 35.2 cm³/mol. The van der Waals surface area contributed by atoms with Crippen LogP contribution in [-0.2, 0) is 0 Å². The third-order valence-electron chi connectivity index (χ3n) is 1.06. The Labute approximate surface area is 53.6 Å². The molecule has 0 saturated carbocycles. The summed E-state index contributed by atoms with van der Waals surface area (Å²) < 4.78 is 0. The van der Waals surface area contributed by atoms with Gasteiger partial charge in [-0.15, -0.1) is 0 Å². The standard InChI is InChI=1S/C5H10N2O2/c1-5(2,7-9)3-4-6-8/h3-4H2,1-2H3. The van der Waals surface area contributed by atoms with Gasteiger partial charge >= 0.3 is 0 Å². The lowest BCUT2D eigenvalue weighted by Gasteiger charge is -2.10. The van der Waals surface area contributed by atoms with E-state index in [1.165, 1.54) is 0 Å². The molecule has 0 fully saturated rings. The maximum absolute atomic E-state index is 9.94. The zero-order valence-electron chi connectivity index (χ0n) is 5.63. The molecular formula is C5H10N2O2. The molecule has 0 amide bonds. The quantitative estimate of drug-likeness (QED) is 0.543. The van der Waals surface area contributed by atoms with Gasteiger partial charge in [0.05, 0.1) is 12.1 Å². The highest BCUT2D eigenvalue weighted by Gasteiger charge is 2.16. The van der Waals surface area contributed by atoms with Crippen LogP contribution in [0.1, 0.15) is 20.3 Å². The normalized spacial score (nSPS) is 10.9. The fourth-order valence-electron chi connectivity index (χ4n) is 0.365. The van der Waals surface area contributed by atoms with E-state index in [1.807, 2.05) is 0 Å².